The van der Waals surface area contributed by atoms with Gasteiger partial charge in [0.1, 0.15) is 35.9 Å². The van der Waals surface area contributed by atoms with Gasteiger partial charge < -0.3 is 39.4 Å². The summed E-state index contributed by atoms with van der Waals surface area (Å²) in [5.41, 5.74) is 0.684. The van der Waals surface area contributed by atoms with Crippen LogP contribution in [0, 0.1) is 0 Å². The number of aliphatic hydroxyl groups is 4. The summed E-state index contributed by atoms with van der Waals surface area (Å²) in [4.78, 5) is 12.1. The molecule has 26 heavy (non-hydrogen) atoms. The molecular weight excluding hydrogens is 348 g/mol. The van der Waals surface area contributed by atoms with Crippen LogP contribution >= 0.6 is 0 Å². The number of benzene rings is 1. The van der Waals surface area contributed by atoms with E-state index in [0.717, 1.165) is 0 Å². The largest absolute Gasteiger partial charge is 0.496 e. The van der Waals surface area contributed by atoms with Gasteiger partial charge in [0.15, 0.2) is 0 Å². The van der Waals surface area contributed by atoms with E-state index in [1.807, 2.05) is 0 Å². The van der Waals surface area contributed by atoms with Crippen LogP contribution in [0.25, 0.3) is 0 Å². The molecule has 0 spiro atoms. The Balaban J connectivity index is 1.99. The highest BCUT2D eigenvalue weighted by Crippen LogP contribution is 2.30. The highest BCUT2D eigenvalue weighted by molar-refractivity contribution is 5.70. The third-order valence-electron chi connectivity index (χ3n) is 4.21. The van der Waals surface area contributed by atoms with E-state index in [1.54, 1.807) is 18.2 Å². The highest BCUT2D eigenvalue weighted by atomic mass is 16.7. The molecule has 2 rings (SSSR count). The monoisotopic (exact) mass is 372 g/mol. The molecule has 1 saturated heterocycles. The van der Waals surface area contributed by atoms with Crippen molar-refractivity contribution in [3.63, 3.8) is 0 Å². The van der Waals surface area contributed by atoms with Gasteiger partial charge in [-0.2, -0.15) is 0 Å². The van der Waals surface area contributed by atoms with E-state index in [2.05, 4.69) is 0 Å². The second-order valence-corrected chi connectivity index (χ2v) is 5.83. The molecule has 0 bridgehead atoms. The second-order valence-electron chi connectivity index (χ2n) is 5.83. The van der Waals surface area contributed by atoms with Crippen molar-refractivity contribution in [2.24, 2.45) is 0 Å². The molecule has 146 valence electrons. The van der Waals surface area contributed by atoms with Crippen molar-refractivity contribution >= 4 is 5.97 Å². The van der Waals surface area contributed by atoms with Crippen molar-refractivity contribution in [3.8, 4) is 11.5 Å². The molecule has 1 fully saturated rings. The van der Waals surface area contributed by atoms with Gasteiger partial charge in [0.05, 0.1) is 20.8 Å². The Morgan fingerprint density at radius 3 is 2.23 bits per heavy atom. The van der Waals surface area contributed by atoms with E-state index in [1.165, 1.54) is 14.2 Å². The first-order valence-electron chi connectivity index (χ1n) is 8.12. The fourth-order valence-electron chi connectivity index (χ4n) is 2.75. The summed E-state index contributed by atoms with van der Waals surface area (Å²) in [6, 6.07) is 5.23. The molecule has 1 aromatic rings. The summed E-state index contributed by atoms with van der Waals surface area (Å²) >= 11 is 0. The fourth-order valence-corrected chi connectivity index (χ4v) is 2.75. The lowest BCUT2D eigenvalue weighted by atomic mass is 9.99. The van der Waals surface area contributed by atoms with Crippen LogP contribution in [0.4, 0.5) is 0 Å². The number of carbonyl (C=O) groups excluding carboxylic acids is 1. The predicted octanol–water partition coefficient (Wildman–Crippen LogP) is -1.02. The molecule has 0 aliphatic carbocycles. The Morgan fingerprint density at radius 1 is 1.08 bits per heavy atom. The lowest BCUT2D eigenvalue weighted by Crippen LogP contribution is -2.59. The standard InChI is InChI=1S/C17H24O9/c1-23-10-4-3-5-11(24-2)9(10)6-7-13(19)26-17-16(22)15(21)14(20)12(8-18)25-17/h3-5,12,14-18,20-22H,6-8H2,1-2H3/t12-,14-,15+,16-,17+/m1/s1. The van der Waals surface area contributed by atoms with Gasteiger partial charge in [0, 0.05) is 12.0 Å². The van der Waals surface area contributed by atoms with Gasteiger partial charge in [-0.15, -0.1) is 0 Å². The Morgan fingerprint density at radius 2 is 1.69 bits per heavy atom. The topological polar surface area (TPSA) is 135 Å². The Labute approximate surface area is 150 Å². The molecule has 9 nitrogen and oxygen atoms in total. The van der Waals surface area contributed by atoms with Crippen molar-refractivity contribution in [2.75, 3.05) is 20.8 Å². The van der Waals surface area contributed by atoms with Crippen LogP contribution in [0.2, 0.25) is 0 Å². The second kappa shape index (κ2) is 9.15. The molecule has 1 heterocycles. The third kappa shape index (κ3) is 4.43. The van der Waals surface area contributed by atoms with Crippen molar-refractivity contribution in [1.29, 1.82) is 0 Å². The van der Waals surface area contributed by atoms with E-state index in [-0.39, 0.29) is 12.8 Å². The molecule has 1 aromatic carbocycles. The van der Waals surface area contributed by atoms with E-state index in [4.69, 9.17) is 24.1 Å². The first-order chi connectivity index (χ1) is 12.4. The summed E-state index contributed by atoms with van der Waals surface area (Å²) in [5.74, 6) is 0.428. The van der Waals surface area contributed by atoms with Crippen LogP contribution in [-0.2, 0) is 20.7 Å². The van der Waals surface area contributed by atoms with Crippen molar-refractivity contribution in [3.05, 3.63) is 23.8 Å². The van der Waals surface area contributed by atoms with E-state index >= 15 is 0 Å². The average molecular weight is 372 g/mol. The fraction of sp³-hybridized carbons (Fsp3) is 0.588. The maximum absolute atomic E-state index is 12.1. The first kappa shape index (κ1) is 20.4. The number of ether oxygens (including phenoxy) is 4. The van der Waals surface area contributed by atoms with E-state index < -0.39 is 43.3 Å². The van der Waals surface area contributed by atoms with Crippen LogP contribution in [0.15, 0.2) is 18.2 Å². The molecule has 4 N–H and O–H groups in total. The molecule has 0 radical (unpaired) electrons. The maximum Gasteiger partial charge on any atom is 0.308 e. The number of aliphatic hydroxyl groups excluding tert-OH is 4. The van der Waals surface area contributed by atoms with Gasteiger partial charge in [-0.1, -0.05) is 6.07 Å². The molecule has 9 heteroatoms. The zero-order chi connectivity index (χ0) is 19.3. The van der Waals surface area contributed by atoms with Gasteiger partial charge in [-0.05, 0) is 18.6 Å². The zero-order valence-corrected chi connectivity index (χ0v) is 14.6. The van der Waals surface area contributed by atoms with Gasteiger partial charge in [0.25, 0.3) is 0 Å². The Hall–Kier alpha value is -1.91. The molecule has 0 aromatic heterocycles. The molecule has 5 atom stereocenters. The summed E-state index contributed by atoms with van der Waals surface area (Å²) in [6.45, 7) is -0.600. The summed E-state index contributed by atoms with van der Waals surface area (Å²) < 4.78 is 20.7. The molecular formula is C17H24O9. The number of esters is 1. The highest BCUT2D eigenvalue weighted by Gasteiger charge is 2.45. The SMILES string of the molecule is COc1cccc(OC)c1CCC(=O)O[C@@H]1O[C@H](CO)[C@@H](O)[C@H](O)[C@H]1O. The van der Waals surface area contributed by atoms with Crippen LogP contribution in [0.1, 0.15) is 12.0 Å². The van der Waals surface area contributed by atoms with Crippen LogP contribution in [-0.4, -0.2) is 77.9 Å². The first-order valence-corrected chi connectivity index (χ1v) is 8.12. The van der Waals surface area contributed by atoms with E-state index in [0.29, 0.717) is 17.1 Å². The third-order valence-corrected chi connectivity index (χ3v) is 4.21. The molecule has 1 aliphatic rings. The summed E-state index contributed by atoms with van der Waals surface area (Å²) in [7, 11) is 3.01. The Kier molecular flexibility index (Phi) is 7.18. The minimum atomic E-state index is -1.63. The zero-order valence-electron chi connectivity index (χ0n) is 14.6. The van der Waals surface area contributed by atoms with Crippen molar-refractivity contribution in [2.45, 2.75) is 43.5 Å². The molecule has 1 aliphatic heterocycles. The van der Waals surface area contributed by atoms with Crippen LogP contribution < -0.4 is 9.47 Å². The lowest BCUT2D eigenvalue weighted by molar-refractivity contribution is -0.292. The summed E-state index contributed by atoms with van der Waals surface area (Å²) in [6.07, 6.45) is -7.18. The van der Waals surface area contributed by atoms with Crippen molar-refractivity contribution < 1.29 is 44.2 Å². The quantitative estimate of drug-likeness (QED) is 0.444. The predicted molar refractivity (Wildman–Crippen MR) is 87.7 cm³/mol. The minimum Gasteiger partial charge on any atom is -0.496 e. The smallest absolute Gasteiger partial charge is 0.308 e. The van der Waals surface area contributed by atoms with Gasteiger partial charge in [0.2, 0.25) is 6.29 Å². The number of methoxy groups -OCH3 is 2. The van der Waals surface area contributed by atoms with Crippen LogP contribution in [0.5, 0.6) is 11.5 Å². The van der Waals surface area contributed by atoms with Gasteiger partial charge in [-0.25, -0.2) is 0 Å². The van der Waals surface area contributed by atoms with Gasteiger partial charge in [-0.3, -0.25) is 4.79 Å². The van der Waals surface area contributed by atoms with Crippen molar-refractivity contribution in [1.82, 2.24) is 0 Å². The number of hydrogen-bond acceptors (Lipinski definition) is 9. The van der Waals surface area contributed by atoms with Gasteiger partial charge >= 0.3 is 5.97 Å². The normalized spacial score (nSPS) is 28.5. The Bertz CT molecular complexity index is 582. The summed E-state index contributed by atoms with van der Waals surface area (Å²) in [5, 5.41) is 38.4. The average Bonchev–Trinajstić information content (AvgIpc) is 2.66. The van der Waals surface area contributed by atoms with Crippen LogP contribution in [0.3, 0.4) is 0 Å². The number of rotatable bonds is 7. The minimum absolute atomic E-state index is 0.0637. The lowest BCUT2D eigenvalue weighted by Gasteiger charge is -2.39. The van der Waals surface area contributed by atoms with E-state index in [9.17, 15) is 20.1 Å². The maximum atomic E-state index is 12.1. The molecule has 0 unspecified atom stereocenters. The number of carbonyl (C=O) groups is 1. The molecule has 0 saturated carbocycles. The number of hydrogen-bond donors (Lipinski definition) is 4. The molecule has 0 amide bonds.